The molecule has 0 atom stereocenters. The Bertz CT molecular complexity index is 785. The van der Waals surface area contributed by atoms with Gasteiger partial charge in [-0.2, -0.15) is 0 Å². The van der Waals surface area contributed by atoms with Gasteiger partial charge in [-0.1, -0.05) is 58.0 Å². The Morgan fingerprint density at radius 2 is 1.79 bits per heavy atom. The van der Waals surface area contributed by atoms with E-state index in [4.69, 9.17) is 73.2 Å². The van der Waals surface area contributed by atoms with Crippen LogP contribution in [0.1, 0.15) is 10.5 Å². The SMILES string of the molecule is Nc1c(Cl)c(Cl)nc(C(=O)OCCOc2ccc(Cl)cc2Cl)c1Cl. The summed E-state index contributed by atoms with van der Waals surface area (Å²) in [6.45, 7) is -0.0164. The fourth-order valence-electron chi connectivity index (χ4n) is 1.61. The molecule has 0 spiro atoms. The van der Waals surface area contributed by atoms with E-state index < -0.39 is 5.97 Å². The fourth-order valence-corrected chi connectivity index (χ4v) is 2.66. The minimum atomic E-state index is -0.809. The van der Waals surface area contributed by atoms with E-state index in [9.17, 15) is 4.79 Å². The van der Waals surface area contributed by atoms with Gasteiger partial charge < -0.3 is 15.2 Å². The molecule has 10 heteroatoms. The highest BCUT2D eigenvalue weighted by atomic mass is 35.5. The predicted molar refractivity (Wildman–Crippen MR) is 95.9 cm³/mol. The number of esters is 1. The van der Waals surface area contributed by atoms with Gasteiger partial charge >= 0.3 is 5.97 Å². The molecule has 1 aromatic carbocycles. The largest absolute Gasteiger partial charge is 0.488 e. The quantitative estimate of drug-likeness (QED) is 0.403. The van der Waals surface area contributed by atoms with Gasteiger partial charge in [0.05, 0.1) is 15.7 Å². The molecule has 24 heavy (non-hydrogen) atoms. The van der Waals surface area contributed by atoms with Gasteiger partial charge in [-0.3, -0.25) is 0 Å². The highest BCUT2D eigenvalue weighted by Crippen LogP contribution is 2.34. The number of anilines is 1. The summed E-state index contributed by atoms with van der Waals surface area (Å²) in [6, 6.07) is 4.76. The number of carbonyl (C=O) groups excluding carboxylic acids is 1. The summed E-state index contributed by atoms with van der Waals surface area (Å²) in [5.74, 6) is -0.400. The van der Waals surface area contributed by atoms with E-state index in [-0.39, 0.29) is 39.8 Å². The van der Waals surface area contributed by atoms with Crippen molar-refractivity contribution >= 4 is 69.7 Å². The molecule has 2 N–H and O–H groups in total. The number of rotatable bonds is 5. The first-order chi connectivity index (χ1) is 11.3. The normalized spacial score (nSPS) is 10.5. The maximum absolute atomic E-state index is 12.0. The molecule has 0 unspecified atom stereocenters. The first-order valence-electron chi connectivity index (χ1n) is 6.36. The van der Waals surface area contributed by atoms with Gasteiger partial charge in [0.15, 0.2) is 10.8 Å². The van der Waals surface area contributed by atoms with Crippen molar-refractivity contribution < 1.29 is 14.3 Å². The Labute approximate surface area is 162 Å². The first kappa shape index (κ1) is 19.2. The molecule has 0 amide bonds. The number of halogens is 5. The number of nitrogens with zero attached hydrogens (tertiary/aromatic N) is 1. The van der Waals surface area contributed by atoms with E-state index in [1.807, 2.05) is 0 Å². The van der Waals surface area contributed by atoms with Crippen LogP contribution in [0, 0.1) is 0 Å². The van der Waals surface area contributed by atoms with Crippen LogP contribution in [0.3, 0.4) is 0 Å². The molecule has 0 saturated heterocycles. The molecule has 0 radical (unpaired) electrons. The van der Waals surface area contributed by atoms with Crippen LogP contribution in [0.5, 0.6) is 5.75 Å². The van der Waals surface area contributed by atoms with Gasteiger partial charge in [-0.05, 0) is 18.2 Å². The second-order valence-electron chi connectivity index (χ2n) is 4.35. The van der Waals surface area contributed by atoms with Crippen molar-refractivity contribution in [2.75, 3.05) is 18.9 Å². The molecule has 0 aliphatic carbocycles. The number of aromatic nitrogens is 1. The Hall–Kier alpha value is -1.11. The Morgan fingerprint density at radius 1 is 1.08 bits per heavy atom. The van der Waals surface area contributed by atoms with Crippen molar-refractivity contribution in [3.63, 3.8) is 0 Å². The summed E-state index contributed by atoms with van der Waals surface area (Å²) in [4.78, 5) is 15.7. The molecule has 0 aliphatic rings. The van der Waals surface area contributed by atoms with Crippen molar-refractivity contribution in [1.82, 2.24) is 4.98 Å². The van der Waals surface area contributed by atoms with Gasteiger partial charge in [0.25, 0.3) is 0 Å². The van der Waals surface area contributed by atoms with Gasteiger partial charge in [0.2, 0.25) is 0 Å². The lowest BCUT2D eigenvalue weighted by Crippen LogP contribution is -2.15. The topological polar surface area (TPSA) is 74.4 Å². The molecule has 0 fully saturated rings. The lowest BCUT2D eigenvalue weighted by molar-refractivity contribution is 0.0444. The minimum Gasteiger partial charge on any atom is -0.488 e. The first-order valence-corrected chi connectivity index (χ1v) is 8.25. The maximum atomic E-state index is 12.0. The Morgan fingerprint density at radius 3 is 2.46 bits per heavy atom. The summed E-state index contributed by atoms with van der Waals surface area (Å²) in [5, 5.41) is 0.525. The number of hydrogen-bond donors (Lipinski definition) is 1. The molecule has 0 bridgehead atoms. The fraction of sp³-hybridized carbons (Fsp3) is 0.143. The highest BCUT2D eigenvalue weighted by molar-refractivity contribution is 6.46. The predicted octanol–water partition coefficient (Wildman–Crippen LogP) is 5.17. The third kappa shape index (κ3) is 4.49. The van der Waals surface area contributed by atoms with Gasteiger partial charge in [-0.15, -0.1) is 0 Å². The smallest absolute Gasteiger partial charge is 0.358 e. The molecule has 0 aliphatic heterocycles. The molecular weight excluding hydrogens is 421 g/mol. The molecule has 128 valence electrons. The molecule has 5 nitrogen and oxygen atoms in total. The van der Waals surface area contributed by atoms with Crippen LogP contribution in [-0.2, 0) is 4.74 Å². The molecule has 2 rings (SSSR count). The number of nitrogen functional groups attached to an aromatic ring is 1. The van der Waals surface area contributed by atoms with E-state index in [1.54, 1.807) is 12.1 Å². The summed E-state index contributed by atoms with van der Waals surface area (Å²) in [6.07, 6.45) is 0. The van der Waals surface area contributed by atoms with E-state index >= 15 is 0 Å². The van der Waals surface area contributed by atoms with Crippen LogP contribution in [0.2, 0.25) is 25.2 Å². The van der Waals surface area contributed by atoms with Crippen LogP contribution >= 0.6 is 58.0 Å². The lowest BCUT2D eigenvalue weighted by atomic mass is 10.3. The standard InChI is InChI=1S/C14H9Cl5N2O3/c15-6-1-2-8(7(16)5-6)23-3-4-24-14(22)12-9(17)11(20)10(18)13(19)21-12/h1-2,5H,3-4H2,(H2,20,21). The van der Waals surface area contributed by atoms with Crippen LogP contribution in [-0.4, -0.2) is 24.2 Å². The van der Waals surface area contributed by atoms with E-state index in [2.05, 4.69) is 4.98 Å². The van der Waals surface area contributed by atoms with Gasteiger partial charge in [0, 0.05) is 5.02 Å². The third-order valence-corrected chi connectivity index (χ3v) is 4.40. The summed E-state index contributed by atoms with van der Waals surface area (Å²) < 4.78 is 10.4. The number of pyridine rings is 1. The van der Waals surface area contributed by atoms with Crippen molar-refractivity contribution in [2.45, 2.75) is 0 Å². The Balaban J connectivity index is 1.94. The van der Waals surface area contributed by atoms with Crippen LogP contribution < -0.4 is 10.5 Å². The number of ether oxygens (including phenoxy) is 2. The molecule has 0 saturated carbocycles. The van der Waals surface area contributed by atoms with E-state index in [0.717, 1.165) is 0 Å². The average Bonchev–Trinajstić information content (AvgIpc) is 2.54. The minimum absolute atomic E-state index is 0.0288. The molecule has 1 aromatic heterocycles. The maximum Gasteiger partial charge on any atom is 0.358 e. The van der Waals surface area contributed by atoms with Crippen molar-refractivity contribution in [1.29, 1.82) is 0 Å². The number of benzene rings is 1. The monoisotopic (exact) mass is 428 g/mol. The van der Waals surface area contributed by atoms with Crippen LogP contribution in [0.15, 0.2) is 18.2 Å². The molecular formula is C14H9Cl5N2O3. The second kappa shape index (κ2) is 8.32. The van der Waals surface area contributed by atoms with Crippen LogP contribution in [0.25, 0.3) is 0 Å². The zero-order chi connectivity index (χ0) is 17.9. The summed E-state index contributed by atoms with van der Waals surface area (Å²) >= 11 is 29.2. The zero-order valence-electron chi connectivity index (χ0n) is 11.8. The summed E-state index contributed by atoms with van der Waals surface area (Å²) in [5.41, 5.74) is 5.36. The highest BCUT2D eigenvalue weighted by Gasteiger charge is 2.20. The van der Waals surface area contributed by atoms with Crippen molar-refractivity contribution in [3.8, 4) is 5.75 Å². The van der Waals surface area contributed by atoms with Crippen molar-refractivity contribution in [3.05, 3.63) is 49.1 Å². The summed E-state index contributed by atoms with van der Waals surface area (Å²) in [7, 11) is 0. The van der Waals surface area contributed by atoms with Crippen LogP contribution in [0.4, 0.5) is 5.69 Å². The van der Waals surface area contributed by atoms with E-state index in [0.29, 0.717) is 15.8 Å². The zero-order valence-corrected chi connectivity index (χ0v) is 15.6. The lowest BCUT2D eigenvalue weighted by Gasteiger charge is -2.10. The molecule has 2 aromatic rings. The Kier molecular flexibility index (Phi) is 6.66. The third-order valence-electron chi connectivity index (χ3n) is 2.73. The number of carbonyl (C=O) groups is 1. The van der Waals surface area contributed by atoms with Gasteiger partial charge in [0.1, 0.15) is 24.0 Å². The van der Waals surface area contributed by atoms with Crippen molar-refractivity contribution in [2.24, 2.45) is 0 Å². The van der Waals surface area contributed by atoms with Gasteiger partial charge in [-0.25, -0.2) is 9.78 Å². The number of hydrogen-bond acceptors (Lipinski definition) is 5. The number of nitrogens with two attached hydrogens (primary N) is 1. The second-order valence-corrected chi connectivity index (χ2v) is 6.31. The average molecular weight is 431 g/mol. The molecule has 1 heterocycles. The van der Waals surface area contributed by atoms with E-state index in [1.165, 1.54) is 6.07 Å².